The van der Waals surface area contributed by atoms with Crippen LogP contribution >= 0.6 is 0 Å². The number of rotatable bonds is 5. The number of nitrogens with zero attached hydrogens (tertiary/aromatic N) is 3. The second kappa shape index (κ2) is 8.32. The van der Waals surface area contributed by atoms with Crippen LogP contribution in [0.5, 0.6) is 11.6 Å². The maximum atomic E-state index is 12.6. The Balaban J connectivity index is 1.60. The molecule has 0 spiro atoms. The molecule has 1 aliphatic rings. The summed E-state index contributed by atoms with van der Waals surface area (Å²) in [5.41, 5.74) is 0.674. The van der Waals surface area contributed by atoms with Crippen molar-refractivity contribution in [2.24, 2.45) is 0 Å². The van der Waals surface area contributed by atoms with E-state index in [0.29, 0.717) is 37.0 Å². The maximum absolute atomic E-state index is 12.6. The number of nitrogens with one attached hydrogen (secondary N) is 1. The van der Waals surface area contributed by atoms with Gasteiger partial charge < -0.3 is 19.7 Å². The number of piperidine rings is 1. The molecule has 1 N–H and O–H groups in total. The Hall–Kier alpha value is -2.83. The predicted molar refractivity (Wildman–Crippen MR) is 93.9 cm³/mol. The number of hydrogen-bond donors (Lipinski definition) is 1. The molecule has 1 atom stereocenters. The number of carbonyl (C=O) groups is 1. The van der Waals surface area contributed by atoms with E-state index in [1.807, 2.05) is 31.2 Å². The summed E-state index contributed by atoms with van der Waals surface area (Å²) in [6, 6.07) is 9.00. The molecule has 0 saturated carbocycles. The average Bonchev–Trinajstić information content (AvgIpc) is 2.64. The minimum Gasteiger partial charge on any atom is -0.492 e. The molecular weight excluding hydrogens is 320 g/mol. The van der Waals surface area contributed by atoms with Gasteiger partial charge in [0.1, 0.15) is 18.2 Å². The van der Waals surface area contributed by atoms with Crippen LogP contribution in [-0.2, 0) is 0 Å². The van der Waals surface area contributed by atoms with Gasteiger partial charge >= 0.3 is 6.03 Å². The number of hydrogen-bond acceptors (Lipinski definition) is 5. The number of aromatic nitrogens is 2. The molecule has 0 unspecified atom stereocenters. The molecule has 0 bridgehead atoms. The van der Waals surface area contributed by atoms with Crippen LogP contribution in [0.15, 0.2) is 42.9 Å². The zero-order chi connectivity index (χ0) is 17.5. The fraction of sp³-hybridized carbons (Fsp3) is 0.389. The van der Waals surface area contributed by atoms with E-state index in [1.165, 1.54) is 6.33 Å². The Morgan fingerprint density at radius 3 is 3.04 bits per heavy atom. The number of urea groups is 1. The smallest absolute Gasteiger partial charge is 0.322 e. The molecule has 1 aliphatic heterocycles. The molecule has 7 nitrogen and oxygen atoms in total. The zero-order valence-corrected chi connectivity index (χ0v) is 14.2. The van der Waals surface area contributed by atoms with E-state index in [2.05, 4.69) is 15.3 Å². The summed E-state index contributed by atoms with van der Waals surface area (Å²) in [5, 5.41) is 2.93. The molecule has 2 heterocycles. The topological polar surface area (TPSA) is 76.6 Å². The van der Waals surface area contributed by atoms with Crippen LogP contribution in [0.2, 0.25) is 0 Å². The molecule has 3 rings (SSSR count). The Morgan fingerprint density at radius 1 is 1.36 bits per heavy atom. The largest absolute Gasteiger partial charge is 0.492 e. The van der Waals surface area contributed by atoms with Crippen LogP contribution in [0.25, 0.3) is 0 Å². The Morgan fingerprint density at radius 2 is 2.24 bits per heavy atom. The summed E-state index contributed by atoms with van der Waals surface area (Å²) >= 11 is 0. The average molecular weight is 342 g/mol. The first-order valence-electron chi connectivity index (χ1n) is 8.46. The molecule has 25 heavy (non-hydrogen) atoms. The van der Waals surface area contributed by atoms with Crippen LogP contribution in [0.4, 0.5) is 10.5 Å². The number of anilines is 1. The second-order valence-electron chi connectivity index (χ2n) is 5.74. The van der Waals surface area contributed by atoms with Gasteiger partial charge in [-0.05, 0) is 31.9 Å². The predicted octanol–water partition coefficient (Wildman–Crippen LogP) is 2.95. The van der Waals surface area contributed by atoms with E-state index in [-0.39, 0.29) is 12.1 Å². The highest BCUT2D eigenvalue weighted by molar-refractivity contribution is 5.91. The van der Waals surface area contributed by atoms with Crippen molar-refractivity contribution in [2.45, 2.75) is 25.9 Å². The number of para-hydroxylation sites is 2. The minimum atomic E-state index is -0.150. The molecule has 2 amide bonds. The zero-order valence-electron chi connectivity index (χ0n) is 14.2. The Labute approximate surface area is 147 Å². The van der Waals surface area contributed by atoms with Crippen molar-refractivity contribution in [3.05, 3.63) is 42.9 Å². The van der Waals surface area contributed by atoms with Crippen molar-refractivity contribution in [1.82, 2.24) is 14.9 Å². The summed E-state index contributed by atoms with van der Waals surface area (Å²) in [4.78, 5) is 22.3. The second-order valence-corrected chi connectivity index (χ2v) is 5.74. The van der Waals surface area contributed by atoms with Gasteiger partial charge in [0.25, 0.3) is 0 Å². The van der Waals surface area contributed by atoms with E-state index in [4.69, 9.17) is 9.47 Å². The molecule has 0 aliphatic carbocycles. The first kappa shape index (κ1) is 17.0. The summed E-state index contributed by atoms with van der Waals surface area (Å²) in [7, 11) is 0. The summed E-state index contributed by atoms with van der Waals surface area (Å²) in [6.07, 6.45) is 4.80. The van der Waals surface area contributed by atoms with E-state index in [0.717, 1.165) is 12.8 Å². The molecule has 1 saturated heterocycles. The van der Waals surface area contributed by atoms with Gasteiger partial charge in [0.05, 0.1) is 18.8 Å². The maximum Gasteiger partial charge on any atom is 0.322 e. The van der Waals surface area contributed by atoms with E-state index < -0.39 is 0 Å². The van der Waals surface area contributed by atoms with E-state index >= 15 is 0 Å². The van der Waals surface area contributed by atoms with Gasteiger partial charge in [-0.3, -0.25) is 0 Å². The standard InChI is InChI=1S/C18H22N4O3/c1-2-24-16-8-4-3-7-15(16)21-18(23)22-11-5-6-14(12-22)25-17-9-10-19-13-20-17/h3-4,7-10,13-14H,2,5-6,11-12H2,1H3,(H,21,23)/t14-/m0/s1. The molecule has 1 aromatic carbocycles. The highest BCUT2D eigenvalue weighted by atomic mass is 16.5. The third kappa shape index (κ3) is 4.59. The molecule has 1 aromatic heterocycles. The Bertz CT molecular complexity index is 696. The molecule has 132 valence electrons. The number of benzene rings is 1. The van der Waals surface area contributed by atoms with Crippen molar-refractivity contribution in [3.63, 3.8) is 0 Å². The third-order valence-electron chi connectivity index (χ3n) is 3.94. The monoisotopic (exact) mass is 342 g/mol. The lowest BCUT2D eigenvalue weighted by Gasteiger charge is -2.32. The van der Waals surface area contributed by atoms with Gasteiger partial charge in [-0.2, -0.15) is 0 Å². The van der Waals surface area contributed by atoms with Crippen LogP contribution in [0.1, 0.15) is 19.8 Å². The molecule has 0 radical (unpaired) electrons. The van der Waals surface area contributed by atoms with E-state index in [1.54, 1.807) is 17.2 Å². The number of likely N-dealkylation sites (tertiary alicyclic amines) is 1. The summed E-state index contributed by atoms with van der Waals surface area (Å²) in [6.45, 7) is 3.68. The van der Waals surface area contributed by atoms with Crippen LogP contribution < -0.4 is 14.8 Å². The molecule has 2 aromatic rings. The lowest BCUT2D eigenvalue weighted by molar-refractivity contribution is 0.102. The lowest BCUT2D eigenvalue weighted by atomic mass is 10.1. The van der Waals surface area contributed by atoms with Crippen molar-refractivity contribution >= 4 is 11.7 Å². The molecular formula is C18H22N4O3. The van der Waals surface area contributed by atoms with Gasteiger partial charge in [0, 0.05) is 18.8 Å². The van der Waals surface area contributed by atoms with Gasteiger partial charge in [-0.1, -0.05) is 12.1 Å². The first-order valence-corrected chi connectivity index (χ1v) is 8.46. The van der Waals surface area contributed by atoms with Gasteiger partial charge in [-0.25, -0.2) is 14.8 Å². The van der Waals surface area contributed by atoms with Gasteiger partial charge in [0.2, 0.25) is 5.88 Å². The van der Waals surface area contributed by atoms with Crippen molar-refractivity contribution in [1.29, 1.82) is 0 Å². The normalized spacial score (nSPS) is 17.0. The van der Waals surface area contributed by atoms with Crippen LogP contribution in [0, 0.1) is 0 Å². The summed E-state index contributed by atoms with van der Waals surface area (Å²) in [5.74, 6) is 1.20. The highest BCUT2D eigenvalue weighted by Crippen LogP contribution is 2.25. The quantitative estimate of drug-likeness (QED) is 0.904. The third-order valence-corrected chi connectivity index (χ3v) is 3.94. The van der Waals surface area contributed by atoms with Crippen LogP contribution in [-0.4, -0.2) is 46.7 Å². The van der Waals surface area contributed by atoms with E-state index in [9.17, 15) is 4.79 Å². The number of carbonyl (C=O) groups excluding carboxylic acids is 1. The van der Waals surface area contributed by atoms with Crippen molar-refractivity contribution in [3.8, 4) is 11.6 Å². The Kier molecular flexibility index (Phi) is 5.66. The van der Waals surface area contributed by atoms with Crippen molar-refractivity contribution in [2.75, 3.05) is 25.0 Å². The highest BCUT2D eigenvalue weighted by Gasteiger charge is 2.25. The fourth-order valence-corrected chi connectivity index (χ4v) is 2.78. The molecule has 7 heteroatoms. The number of amides is 2. The lowest BCUT2D eigenvalue weighted by Crippen LogP contribution is -2.46. The minimum absolute atomic E-state index is 0.0727. The van der Waals surface area contributed by atoms with Gasteiger partial charge in [-0.15, -0.1) is 0 Å². The first-order chi connectivity index (χ1) is 12.3. The molecule has 1 fully saturated rings. The fourth-order valence-electron chi connectivity index (χ4n) is 2.78. The number of ether oxygens (including phenoxy) is 2. The SMILES string of the molecule is CCOc1ccccc1NC(=O)N1CCC[C@H](Oc2ccncn2)C1. The summed E-state index contributed by atoms with van der Waals surface area (Å²) < 4.78 is 11.4. The van der Waals surface area contributed by atoms with Crippen LogP contribution in [0.3, 0.4) is 0 Å². The van der Waals surface area contributed by atoms with Crippen molar-refractivity contribution < 1.29 is 14.3 Å². The van der Waals surface area contributed by atoms with Gasteiger partial charge in [0.15, 0.2) is 0 Å².